The number of anilines is 1. The van der Waals surface area contributed by atoms with Crippen LogP contribution in [0.2, 0.25) is 0 Å². The Balaban J connectivity index is 1.65. The molecule has 6 heteroatoms. The molecule has 0 spiro atoms. The van der Waals surface area contributed by atoms with Gasteiger partial charge in [0.15, 0.2) is 0 Å². The molecule has 4 rings (SSSR count). The van der Waals surface area contributed by atoms with Gasteiger partial charge in [-0.2, -0.15) is 0 Å². The second-order valence-corrected chi connectivity index (χ2v) is 7.77. The van der Waals surface area contributed by atoms with Gasteiger partial charge in [-0.15, -0.1) is 11.3 Å². The first-order chi connectivity index (χ1) is 12.6. The maximum atomic E-state index is 13.9. The molecular formula is C20H20FN3OS. The van der Waals surface area contributed by atoms with Crippen LogP contribution < -0.4 is 10.6 Å². The molecule has 0 radical (unpaired) electrons. The fourth-order valence-corrected chi connectivity index (χ4v) is 4.39. The molecule has 4 nitrogen and oxygen atoms in total. The zero-order valence-electron chi connectivity index (χ0n) is 14.5. The minimum Gasteiger partial charge on any atom is -0.325 e. The van der Waals surface area contributed by atoms with Crippen molar-refractivity contribution in [1.82, 2.24) is 10.3 Å². The van der Waals surface area contributed by atoms with Gasteiger partial charge in [0.1, 0.15) is 10.8 Å². The molecule has 26 heavy (non-hydrogen) atoms. The monoisotopic (exact) mass is 369 g/mol. The fraction of sp³-hybridized carbons (Fsp3) is 0.300. The van der Waals surface area contributed by atoms with Gasteiger partial charge in [0, 0.05) is 17.5 Å². The molecule has 0 unspecified atom stereocenters. The van der Waals surface area contributed by atoms with E-state index in [-0.39, 0.29) is 17.6 Å². The van der Waals surface area contributed by atoms with Crippen LogP contribution in [0.3, 0.4) is 0 Å². The molecule has 1 aliphatic heterocycles. The van der Waals surface area contributed by atoms with E-state index >= 15 is 0 Å². The van der Waals surface area contributed by atoms with Gasteiger partial charge >= 0.3 is 0 Å². The molecule has 1 aliphatic rings. The Hall–Kier alpha value is -2.31. The first-order valence-corrected chi connectivity index (χ1v) is 9.61. The van der Waals surface area contributed by atoms with Gasteiger partial charge in [0.05, 0.1) is 15.9 Å². The average molecular weight is 369 g/mol. The Morgan fingerprint density at radius 3 is 2.96 bits per heavy atom. The number of benzene rings is 2. The van der Waals surface area contributed by atoms with Crippen molar-refractivity contribution in [2.45, 2.75) is 25.8 Å². The van der Waals surface area contributed by atoms with Crippen molar-refractivity contribution in [3.63, 3.8) is 0 Å². The number of hydrogen-bond acceptors (Lipinski definition) is 4. The van der Waals surface area contributed by atoms with Crippen molar-refractivity contribution in [1.29, 1.82) is 0 Å². The predicted molar refractivity (Wildman–Crippen MR) is 104 cm³/mol. The van der Waals surface area contributed by atoms with Gasteiger partial charge in [0.25, 0.3) is 0 Å². The van der Waals surface area contributed by atoms with Crippen molar-refractivity contribution < 1.29 is 9.18 Å². The van der Waals surface area contributed by atoms with Gasteiger partial charge < -0.3 is 10.6 Å². The zero-order chi connectivity index (χ0) is 18.1. The summed E-state index contributed by atoms with van der Waals surface area (Å²) in [4.78, 5) is 17.3. The first-order valence-electron chi connectivity index (χ1n) is 8.80. The van der Waals surface area contributed by atoms with Crippen LogP contribution in [0.1, 0.15) is 19.8 Å². The second kappa shape index (κ2) is 7.13. The summed E-state index contributed by atoms with van der Waals surface area (Å²) in [5.74, 6) is -0.375. The number of thiazole rings is 1. The molecule has 2 N–H and O–H groups in total. The molecule has 0 saturated carbocycles. The fourth-order valence-electron chi connectivity index (χ4n) is 3.39. The number of carbonyl (C=O) groups excluding carboxylic acids is 1. The molecule has 1 fully saturated rings. The van der Waals surface area contributed by atoms with Gasteiger partial charge in [-0.3, -0.25) is 4.79 Å². The van der Waals surface area contributed by atoms with E-state index in [1.54, 1.807) is 6.07 Å². The molecule has 134 valence electrons. The van der Waals surface area contributed by atoms with E-state index in [0.717, 1.165) is 29.6 Å². The quantitative estimate of drug-likeness (QED) is 0.718. The minimum atomic E-state index is -0.340. The van der Waals surface area contributed by atoms with Crippen LogP contribution in [0, 0.1) is 11.7 Å². The van der Waals surface area contributed by atoms with Gasteiger partial charge in [0.2, 0.25) is 5.91 Å². The van der Waals surface area contributed by atoms with E-state index in [9.17, 15) is 9.18 Å². The van der Waals surface area contributed by atoms with Crippen molar-refractivity contribution >= 4 is 33.1 Å². The van der Waals surface area contributed by atoms with Crippen molar-refractivity contribution in [2.75, 3.05) is 11.9 Å². The van der Waals surface area contributed by atoms with Crippen molar-refractivity contribution in [3.05, 3.63) is 48.3 Å². The molecule has 1 aromatic heterocycles. The maximum Gasteiger partial charge on any atom is 0.227 e. The molecule has 1 amide bonds. The van der Waals surface area contributed by atoms with E-state index < -0.39 is 0 Å². The highest BCUT2D eigenvalue weighted by atomic mass is 32.1. The molecule has 2 atom stereocenters. The Morgan fingerprint density at radius 2 is 2.15 bits per heavy atom. The van der Waals surface area contributed by atoms with Crippen molar-refractivity contribution in [2.24, 2.45) is 5.92 Å². The first kappa shape index (κ1) is 17.1. The number of aromatic nitrogens is 1. The smallest absolute Gasteiger partial charge is 0.227 e. The Bertz CT molecular complexity index is 922. The summed E-state index contributed by atoms with van der Waals surface area (Å²) in [6.07, 6.45) is 1.62. The summed E-state index contributed by atoms with van der Waals surface area (Å²) in [6.45, 7) is 2.93. The number of rotatable bonds is 3. The average Bonchev–Trinajstić information content (AvgIpc) is 3.07. The number of amides is 1. The normalized spacial score (nSPS) is 20.2. The number of carbonyl (C=O) groups is 1. The van der Waals surface area contributed by atoms with E-state index in [4.69, 9.17) is 0 Å². The highest BCUT2D eigenvalue weighted by Gasteiger charge is 2.25. The summed E-state index contributed by atoms with van der Waals surface area (Å²) in [6, 6.07) is 12.6. The summed E-state index contributed by atoms with van der Waals surface area (Å²) in [5, 5.41) is 7.06. The van der Waals surface area contributed by atoms with E-state index in [2.05, 4.69) is 22.5 Å². The van der Waals surface area contributed by atoms with E-state index in [0.29, 0.717) is 22.3 Å². The molecule has 0 bridgehead atoms. The molecule has 2 aromatic carbocycles. The van der Waals surface area contributed by atoms with Crippen LogP contribution in [0.25, 0.3) is 20.8 Å². The summed E-state index contributed by atoms with van der Waals surface area (Å²) in [5.41, 5.74) is 2.12. The van der Waals surface area contributed by atoms with Gasteiger partial charge in [-0.1, -0.05) is 12.1 Å². The lowest BCUT2D eigenvalue weighted by molar-refractivity contribution is -0.120. The third-order valence-electron chi connectivity index (χ3n) is 4.76. The lowest BCUT2D eigenvalue weighted by Gasteiger charge is -2.27. The molecule has 1 saturated heterocycles. The van der Waals surface area contributed by atoms with Crippen LogP contribution in [0.15, 0.2) is 42.5 Å². The van der Waals surface area contributed by atoms with E-state index in [1.165, 1.54) is 23.5 Å². The van der Waals surface area contributed by atoms with Crippen LogP contribution in [-0.4, -0.2) is 23.5 Å². The zero-order valence-corrected chi connectivity index (χ0v) is 15.3. The van der Waals surface area contributed by atoms with Gasteiger partial charge in [-0.05, 0) is 56.6 Å². The molecule has 0 aliphatic carbocycles. The highest BCUT2D eigenvalue weighted by Crippen LogP contribution is 2.35. The lowest BCUT2D eigenvalue weighted by Crippen LogP contribution is -2.40. The number of piperidine rings is 1. The number of nitrogens with zero attached hydrogens (tertiary/aromatic N) is 1. The number of para-hydroxylation sites is 1. The highest BCUT2D eigenvalue weighted by molar-refractivity contribution is 7.21. The van der Waals surface area contributed by atoms with Crippen LogP contribution in [0.5, 0.6) is 0 Å². The number of halogens is 1. The number of fused-ring (bicyclic) bond motifs is 1. The summed E-state index contributed by atoms with van der Waals surface area (Å²) >= 11 is 1.50. The van der Waals surface area contributed by atoms with Crippen LogP contribution in [0.4, 0.5) is 10.1 Å². The standard InChI is InChI=1S/C20H20FN3OS/c1-12-10-13(8-9-22-12)19(25)23-16-7-6-14(21)11-15(16)20-24-17-4-2-3-5-18(17)26-20/h2-7,11-13,22H,8-10H2,1H3,(H,23,25)/t12-,13-/m0/s1. The minimum absolute atomic E-state index is 0.00711. The molecule has 3 aromatic rings. The Morgan fingerprint density at radius 1 is 1.31 bits per heavy atom. The van der Waals surface area contributed by atoms with Gasteiger partial charge in [-0.25, -0.2) is 9.37 Å². The second-order valence-electron chi connectivity index (χ2n) is 6.74. The summed E-state index contributed by atoms with van der Waals surface area (Å²) in [7, 11) is 0. The largest absolute Gasteiger partial charge is 0.325 e. The Labute approximate surface area is 155 Å². The van der Waals surface area contributed by atoms with Crippen molar-refractivity contribution in [3.8, 4) is 10.6 Å². The third-order valence-corrected chi connectivity index (χ3v) is 5.83. The number of nitrogens with one attached hydrogen (secondary N) is 2. The molecular weight excluding hydrogens is 349 g/mol. The third kappa shape index (κ3) is 3.48. The SMILES string of the molecule is C[C@H]1C[C@@H](C(=O)Nc2ccc(F)cc2-c2nc3ccccc3s2)CCN1. The Kier molecular flexibility index (Phi) is 4.70. The van der Waals surface area contributed by atoms with Crippen LogP contribution >= 0.6 is 11.3 Å². The van der Waals surface area contributed by atoms with E-state index in [1.807, 2.05) is 24.3 Å². The van der Waals surface area contributed by atoms with Crippen LogP contribution in [-0.2, 0) is 4.79 Å². The number of hydrogen-bond donors (Lipinski definition) is 2. The summed E-state index contributed by atoms with van der Waals surface area (Å²) < 4.78 is 14.9. The molecule has 2 heterocycles. The maximum absolute atomic E-state index is 13.9. The predicted octanol–water partition coefficient (Wildman–Crippen LogP) is 4.43. The topological polar surface area (TPSA) is 54.0 Å². The lowest BCUT2D eigenvalue weighted by atomic mass is 9.92.